The highest BCUT2D eigenvalue weighted by atomic mass is 16.3. The Hall–Kier alpha value is -3.40. The van der Waals surface area contributed by atoms with Crippen LogP contribution >= 0.6 is 0 Å². The molecule has 3 aromatic carbocycles. The van der Waals surface area contributed by atoms with Gasteiger partial charge in [0.05, 0.1) is 11.1 Å². The number of carbonyl (C=O) groups is 2. The second-order valence-corrected chi connectivity index (χ2v) is 5.96. The maximum atomic E-state index is 12.8. The van der Waals surface area contributed by atoms with E-state index >= 15 is 0 Å². The van der Waals surface area contributed by atoms with E-state index < -0.39 is 5.78 Å². The maximum Gasteiger partial charge on any atom is 0.196 e. The highest BCUT2D eigenvalue weighted by Gasteiger charge is 2.19. The number of hydrogen-bond acceptors (Lipinski definition) is 4. The molecule has 0 aliphatic heterocycles. The van der Waals surface area contributed by atoms with Gasteiger partial charge in [0.1, 0.15) is 11.5 Å². The van der Waals surface area contributed by atoms with Crippen molar-refractivity contribution >= 4 is 11.6 Å². The van der Waals surface area contributed by atoms with E-state index in [0.717, 1.165) is 12.0 Å². The van der Waals surface area contributed by atoms with E-state index in [-0.39, 0.29) is 34.0 Å². The molecule has 4 heteroatoms. The highest BCUT2D eigenvalue weighted by Crippen LogP contribution is 2.26. The van der Waals surface area contributed by atoms with E-state index in [1.54, 1.807) is 42.5 Å². The van der Waals surface area contributed by atoms with Gasteiger partial charge in [0.15, 0.2) is 11.6 Å². The fourth-order valence-electron chi connectivity index (χ4n) is 2.74. The van der Waals surface area contributed by atoms with Crippen LogP contribution in [0.2, 0.25) is 0 Å². The second-order valence-electron chi connectivity index (χ2n) is 5.96. The Labute approximate surface area is 151 Å². The second kappa shape index (κ2) is 7.23. The van der Waals surface area contributed by atoms with Gasteiger partial charge in [-0.15, -0.1) is 0 Å². The van der Waals surface area contributed by atoms with Crippen molar-refractivity contribution in [3.05, 3.63) is 94.5 Å². The predicted octanol–water partition coefficient (Wildman–Crippen LogP) is 4.12. The Balaban J connectivity index is 2.02. The van der Waals surface area contributed by atoms with Gasteiger partial charge in [-0.1, -0.05) is 43.3 Å². The number of phenolic OH excluding ortho intramolecular Hbond substituents is 2. The molecule has 0 unspecified atom stereocenters. The molecule has 0 saturated carbocycles. The monoisotopic (exact) mass is 346 g/mol. The van der Waals surface area contributed by atoms with Crippen molar-refractivity contribution < 1.29 is 19.8 Å². The summed E-state index contributed by atoms with van der Waals surface area (Å²) in [6.07, 6.45) is 0.730. The summed E-state index contributed by atoms with van der Waals surface area (Å²) in [5.74, 6) is -1.08. The largest absolute Gasteiger partial charge is 0.507 e. The van der Waals surface area contributed by atoms with Crippen molar-refractivity contribution in [2.45, 2.75) is 13.3 Å². The smallest absolute Gasteiger partial charge is 0.196 e. The summed E-state index contributed by atoms with van der Waals surface area (Å²) in [6.45, 7) is 1.96. The van der Waals surface area contributed by atoms with Crippen molar-refractivity contribution in [2.75, 3.05) is 0 Å². The molecule has 0 radical (unpaired) electrons. The van der Waals surface area contributed by atoms with Crippen LogP contribution in [0.4, 0.5) is 0 Å². The lowest BCUT2D eigenvalue weighted by molar-refractivity contribution is 0.103. The summed E-state index contributed by atoms with van der Waals surface area (Å²) in [5, 5.41) is 20.1. The molecule has 3 rings (SSSR count). The minimum Gasteiger partial charge on any atom is -0.507 e. The molecule has 2 N–H and O–H groups in total. The van der Waals surface area contributed by atoms with E-state index in [4.69, 9.17) is 0 Å². The molecule has 0 aliphatic rings. The van der Waals surface area contributed by atoms with Crippen LogP contribution in [0.25, 0.3) is 0 Å². The summed E-state index contributed by atoms with van der Waals surface area (Å²) < 4.78 is 0. The molecule has 0 atom stereocenters. The van der Waals surface area contributed by atoms with Crippen LogP contribution in [-0.4, -0.2) is 21.8 Å². The first-order valence-corrected chi connectivity index (χ1v) is 8.30. The molecular formula is C22H18O4. The van der Waals surface area contributed by atoms with Crippen LogP contribution in [0.15, 0.2) is 66.7 Å². The van der Waals surface area contributed by atoms with Crippen LogP contribution < -0.4 is 0 Å². The zero-order chi connectivity index (χ0) is 18.7. The number of hydrogen-bond donors (Lipinski definition) is 2. The molecule has 26 heavy (non-hydrogen) atoms. The summed E-state index contributed by atoms with van der Waals surface area (Å²) >= 11 is 0. The summed E-state index contributed by atoms with van der Waals surface area (Å²) in [7, 11) is 0. The third-order valence-corrected chi connectivity index (χ3v) is 4.25. The first kappa shape index (κ1) is 17.4. The van der Waals surface area contributed by atoms with Crippen LogP contribution in [0.3, 0.4) is 0 Å². The van der Waals surface area contributed by atoms with Gasteiger partial charge < -0.3 is 10.2 Å². The Morgan fingerprint density at radius 1 is 0.731 bits per heavy atom. The average Bonchev–Trinajstić information content (AvgIpc) is 2.68. The predicted molar refractivity (Wildman–Crippen MR) is 98.9 cm³/mol. The van der Waals surface area contributed by atoms with Crippen LogP contribution in [0, 0.1) is 0 Å². The lowest BCUT2D eigenvalue weighted by Gasteiger charge is -2.09. The fraction of sp³-hybridized carbons (Fsp3) is 0.0909. The first-order chi connectivity index (χ1) is 12.5. The van der Waals surface area contributed by atoms with E-state index in [0.29, 0.717) is 5.56 Å². The molecule has 0 aliphatic carbocycles. The van der Waals surface area contributed by atoms with E-state index in [1.807, 2.05) is 6.92 Å². The van der Waals surface area contributed by atoms with E-state index in [9.17, 15) is 19.8 Å². The van der Waals surface area contributed by atoms with E-state index in [2.05, 4.69) is 0 Å². The molecular weight excluding hydrogens is 328 g/mol. The third kappa shape index (κ3) is 3.35. The number of aryl methyl sites for hydroxylation is 1. The fourth-order valence-corrected chi connectivity index (χ4v) is 2.74. The van der Waals surface area contributed by atoms with Gasteiger partial charge in [0, 0.05) is 11.1 Å². The van der Waals surface area contributed by atoms with Gasteiger partial charge in [-0.05, 0) is 42.3 Å². The number of ketones is 2. The Bertz CT molecular complexity index is 975. The Morgan fingerprint density at radius 2 is 1.31 bits per heavy atom. The Kier molecular flexibility index (Phi) is 4.85. The molecule has 4 nitrogen and oxygen atoms in total. The van der Waals surface area contributed by atoms with Crippen LogP contribution in [0.1, 0.15) is 44.3 Å². The minimum atomic E-state index is -0.403. The molecule has 3 aromatic rings. The maximum absolute atomic E-state index is 12.8. The van der Waals surface area contributed by atoms with Crippen molar-refractivity contribution in [1.29, 1.82) is 0 Å². The first-order valence-electron chi connectivity index (χ1n) is 8.30. The summed E-state index contributed by atoms with van der Waals surface area (Å²) in [6, 6.07) is 17.6. The number of phenols is 2. The topological polar surface area (TPSA) is 74.6 Å². The molecule has 0 fully saturated rings. The molecule has 0 aromatic heterocycles. The summed E-state index contributed by atoms with van der Waals surface area (Å²) in [5.41, 5.74) is 1.79. The molecule has 0 amide bonds. The van der Waals surface area contributed by atoms with Crippen LogP contribution in [0.5, 0.6) is 11.5 Å². The van der Waals surface area contributed by atoms with Crippen molar-refractivity contribution in [2.24, 2.45) is 0 Å². The molecule has 0 bridgehead atoms. The van der Waals surface area contributed by atoms with E-state index in [1.165, 1.54) is 24.3 Å². The van der Waals surface area contributed by atoms with Crippen molar-refractivity contribution in [3.63, 3.8) is 0 Å². The third-order valence-electron chi connectivity index (χ3n) is 4.25. The number of aromatic hydroxyl groups is 2. The van der Waals surface area contributed by atoms with Gasteiger partial charge >= 0.3 is 0 Å². The molecule has 130 valence electrons. The molecule has 0 spiro atoms. The van der Waals surface area contributed by atoms with Gasteiger partial charge in [-0.3, -0.25) is 9.59 Å². The van der Waals surface area contributed by atoms with Gasteiger partial charge in [-0.25, -0.2) is 0 Å². The van der Waals surface area contributed by atoms with Crippen LogP contribution in [-0.2, 0) is 6.42 Å². The Morgan fingerprint density at radius 3 is 1.96 bits per heavy atom. The number of carbonyl (C=O) groups excluding carboxylic acids is 2. The zero-order valence-electron chi connectivity index (χ0n) is 14.3. The highest BCUT2D eigenvalue weighted by molar-refractivity contribution is 6.15. The normalized spacial score (nSPS) is 10.5. The van der Waals surface area contributed by atoms with Gasteiger partial charge in [0.25, 0.3) is 0 Å². The number of benzene rings is 3. The standard InChI is InChI=1S/C22H18O4/c1-2-14-8-10-19(23)17(12-14)22(26)16-9-11-20(24)18(13-16)21(25)15-6-4-3-5-7-15/h3-13,23-24H,2H2,1H3. The lowest BCUT2D eigenvalue weighted by atomic mass is 9.95. The quantitative estimate of drug-likeness (QED) is 0.682. The molecule has 0 heterocycles. The number of rotatable bonds is 5. The average molecular weight is 346 g/mol. The zero-order valence-corrected chi connectivity index (χ0v) is 14.3. The minimum absolute atomic E-state index is 0.0492. The van der Waals surface area contributed by atoms with Crippen molar-refractivity contribution in [1.82, 2.24) is 0 Å². The summed E-state index contributed by atoms with van der Waals surface area (Å²) in [4.78, 5) is 25.4. The molecule has 0 saturated heterocycles. The SMILES string of the molecule is CCc1ccc(O)c(C(=O)c2ccc(O)c(C(=O)c3ccccc3)c2)c1. The lowest BCUT2D eigenvalue weighted by Crippen LogP contribution is -2.07. The van der Waals surface area contributed by atoms with Gasteiger partial charge in [0.2, 0.25) is 0 Å². The van der Waals surface area contributed by atoms with Gasteiger partial charge in [-0.2, -0.15) is 0 Å². The van der Waals surface area contributed by atoms with Crippen molar-refractivity contribution in [3.8, 4) is 11.5 Å².